The molecule has 0 N–H and O–H groups in total. The normalized spacial score (nSPS) is 15.4. The Balaban J connectivity index is 1.58. The van der Waals surface area contributed by atoms with Gasteiger partial charge in [-0.15, -0.1) is 0 Å². The molecule has 1 heterocycles. The first-order valence-corrected chi connectivity index (χ1v) is 11.6. The average Bonchev–Trinajstić information content (AvgIpc) is 3.20. The van der Waals surface area contributed by atoms with E-state index in [9.17, 15) is 0 Å². The van der Waals surface area contributed by atoms with Crippen molar-refractivity contribution in [3.05, 3.63) is 126 Å². The van der Waals surface area contributed by atoms with Gasteiger partial charge in [-0.1, -0.05) is 72.3 Å². The van der Waals surface area contributed by atoms with Crippen molar-refractivity contribution in [2.75, 3.05) is 4.90 Å². The van der Waals surface area contributed by atoms with E-state index in [1.807, 2.05) is 18.2 Å². The molecule has 0 spiro atoms. The number of hydrogen-bond donors (Lipinski definition) is 0. The zero-order valence-electron chi connectivity index (χ0n) is 18.1. The molecule has 2 nitrogen and oxygen atoms in total. The Hall–Kier alpha value is -3.75. The molecule has 1 atom stereocenters. The number of fused-ring (bicyclic) bond motifs is 3. The summed E-state index contributed by atoms with van der Waals surface area (Å²) in [6.45, 7) is 0. The van der Waals surface area contributed by atoms with Gasteiger partial charge >= 0.3 is 0 Å². The molecule has 0 saturated carbocycles. The molecule has 1 unspecified atom stereocenters. The van der Waals surface area contributed by atoms with Crippen molar-refractivity contribution in [3.8, 4) is 0 Å². The van der Waals surface area contributed by atoms with Crippen LogP contribution in [-0.4, -0.2) is 4.57 Å². The summed E-state index contributed by atoms with van der Waals surface area (Å²) in [5, 5.41) is 3.28. The van der Waals surface area contributed by atoms with E-state index in [0.29, 0.717) is 6.04 Å². The predicted molar refractivity (Wildman–Crippen MR) is 141 cm³/mol. The van der Waals surface area contributed by atoms with E-state index >= 15 is 0 Å². The van der Waals surface area contributed by atoms with Gasteiger partial charge in [0.25, 0.3) is 0 Å². The predicted octanol–water partition coefficient (Wildman–Crippen LogP) is 8.97. The van der Waals surface area contributed by atoms with Crippen molar-refractivity contribution in [1.29, 1.82) is 0 Å². The van der Waals surface area contributed by atoms with E-state index < -0.39 is 0 Å². The van der Waals surface area contributed by atoms with E-state index in [4.69, 9.17) is 11.6 Å². The number of para-hydroxylation sites is 2. The van der Waals surface area contributed by atoms with Gasteiger partial charge in [0.15, 0.2) is 0 Å². The van der Waals surface area contributed by atoms with Crippen molar-refractivity contribution in [3.63, 3.8) is 0 Å². The van der Waals surface area contributed by atoms with E-state index in [0.717, 1.165) is 28.5 Å². The molecule has 5 aromatic rings. The van der Waals surface area contributed by atoms with Crippen molar-refractivity contribution in [2.24, 2.45) is 0 Å². The van der Waals surface area contributed by atoms with Gasteiger partial charge in [-0.3, -0.25) is 0 Å². The highest BCUT2D eigenvalue weighted by Gasteiger charge is 2.19. The molecule has 1 aliphatic carbocycles. The molecule has 0 fully saturated rings. The zero-order chi connectivity index (χ0) is 22.2. The number of benzene rings is 4. The summed E-state index contributed by atoms with van der Waals surface area (Å²) in [7, 11) is 0. The Morgan fingerprint density at radius 2 is 1.36 bits per heavy atom. The average molecular weight is 447 g/mol. The van der Waals surface area contributed by atoms with Crippen LogP contribution in [0.4, 0.5) is 17.1 Å². The fourth-order valence-corrected chi connectivity index (χ4v) is 4.99. The monoisotopic (exact) mass is 446 g/mol. The Bertz CT molecular complexity index is 1490. The van der Waals surface area contributed by atoms with Crippen molar-refractivity contribution < 1.29 is 0 Å². The molecule has 0 amide bonds. The van der Waals surface area contributed by atoms with Crippen LogP contribution in [0.25, 0.3) is 21.8 Å². The smallest absolute Gasteiger partial charge is 0.0560 e. The highest BCUT2D eigenvalue weighted by Crippen LogP contribution is 2.40. The Labute approximate surface area is 198 Å². The molecule has 3 heteroatoms. The fourth-order valence-electron chi connectivity index (χ4n) is 4.86. The number of hydrogen-bond acceptors (Lipinski definition) is 1. The molecule has 0 saturated heterocycles. The summed E-state index contributed by atoms with van der Waals surface area (Å²) in [6.07, 6.45) is 9.83. The minimum atomic E-state index is 0.324. The summed E-state index contributed by atoms with van der Waals surface area (Å²) in [4.78, 5) is 2.28. The lowest BCUT2D eigenvalue weighted by Gasteiger charge is -2.26. The second-order valence-corrected chi connectivity index (χ2v) is 8.79. The lowest BCUT2D eigenvalue weighted by atomic mass is 10.1. The van der Waals surface area contributed by atoms with Crippen LogP contribution in [-0.2, 0) is 0 Å². The van der Waals surface area contributed by atoms with Gasteiger partial charge in [0.05, 0.1) is 6.04 Å². The summed E-state index contributed by atoms with van der Waals surface area (Å²) in [5.41, 5.74) is 5.84. The quantitative estimate of drug-likeness (QED) is 0.267. The molecule has 4 aromatic carbocycles. The highest BCUT2D eigenvalue weighted by molar-refractivity contribution is 6.30. The first-order valence-electron chi connectivity index (χ1n) is 11.3. The van der Waals surface area contributed by atoms with Crippen LogP contribution in [0.2, 0.25) is 5.02 Å². The second kappa shape index (κ2) is 8.31. The molecule has 1 aromatic heterocycles. The number of rotatable bonds is 4. The van der Waals surface area contributed by atoms with Gasteiger partial charge in [0.1, 0.15) is 0 Å². The summed E-state index contributed by atoms with van der Waals surface area (Å²) < 4.78 is 2.48. The van der Waals surface area contributed by atoms with Crippen LogP contribution in [0.1, 0.15) is 12.5 Å². The summed E-state index contributed by atoms with van der Waals surface area (Å²) >= 11 is 6.20. The minimum Gasteiger partial charge on any atom is -0.333 e. The molecular formula is C30H23ClN2. The highest BCUT2D eigenvalue weighted by atomic mass is 35.5. The van der Waals surface area contributed by atoms with E-state index in [-0.39, 0.29) is 0 Å². The first-order chi connectivity index (χ1) is 16.3. The molecule has 0 bridgehead atoms. The first kappa shape index (κ1) is 19.9. The number of nitrogens with zero attached hydrogens (tertiary/aromatic N) is 2. The van der Waals surface area contributed by atoms with Crippen LogP contribution in [0, 0.1) is 0 Å². The lowest BCUT2D eigenvalue weighted by Crippen LogP contribution is -2.10. The Morgan fingerprint density at radius 1 is 0.667 bits per heavy atom. The third-order valence-electron chi connectivity index (χ3n) is 6.34. The fraction of sp³-hybridized carbons (Fsp3) is 0.0667. The van der Waals surface area contributed by atoms with Crippen LogP contribution in [0.15, 0.2) is 121 Å². The number of halogens is 1. The molecular weight excluding hydrogens is 424 g/mol. The number of aromatic nitrogens is 1. The topological polar surface area (TPSA) is 8.17 Å². The van der Waals surface area contributed by atoms with Crippen LogP contribution >= 0.6 is 11.6 Å². The van der Waals surface area contributed by atoms with Crippen LogP contribution < -0.4 is 4.90 Å². The molecule has 0 radical (unpaired) electrons. The van der Waals surface area contributed by atoms with E-state index in [1.165, 1.54) is 21.8 Å². The van der Waals surface area contributed by atoms with Crippen molar-refractivity contribution >= 4 is 50.5 Å². The van der Waals surface area contributed by atoms with Gasteiger partial charge in [-0.25, -0.2) is 0 Å². The van der Waals surface area contributed by atoms with Crippen LogP contribution in [0.3, 0.4) is 0 Å². The largest absolute Gasteiger partial charge is 0.333 e. The maximum absolute atomic E-state index is 6.20. The Kier molecular flexibility index (Phi) is 5.01. The number of anilines is 3. The van der Waals surface area contributed by atoms with Gasteiger partial charge in [-0.2, -0.15) is 0 Å². The van der Waals surface area contributed by atoms with Crippen molar-refractivity contribution in [1.82, 2.24) is 4.57 Å². The second-order valence-electron chi connectivity index (χ2n) is 8.35. The molecule has 6 rings (SSSR count). The molecule has 0 aliphatic heterocycles. The standard InChI is InChI=1S/C30H23ClN2/c31-22-15-17-25(18-16-22)32(23-9-3-1-4-10-23)26-19-20-30-28(21-26)27-13-7-8-14-29(27)33(30)24-11-5-2-6-12-24/h1-11,13-21,24H,12H2. The maximum atomic E-state index is 6.20. The third kappa shape index (κ3) is 3.53. The van der Waals surface area contributed by atoms with E-state index in [2.05, 4.69) is 113 Å². The van der Waals surface area contributed by atoms with Gasteiger partial charge in [0, 0.05) is 43.9 Å². The number of allylic oxidation sites excluding steroid dienone is 4. The third-order valence-corrected chi connectivity index (χ3v) is 6.59. The van der Waals surface area contributed by atoms with Crippen LogP contribution in [0.5, 0.6) is 0 Å². The Morgan fingerprint density at radius 3 is 2.15 bits per heavy atom. The molecule has 33 heavy (non-hydrogen) atoms. The zero-order valence-corrected chi connectivity index (χ0v) is 18.9. The van der Waals surface area contributed by atoms with Gasteiger partial charge in [-0.05, 0) is 67.1 Å². The summed E-state index contributed by atoms with van der Waals surface area (Å²) in [6, 6.07) is 34.4. The van der Waals surface area contributed by atoms with E-state index in [1.54, 1.807) is 0 Å². The molecule has 1 aliphatic rings. The molecule has 160 valence electrons. The van der Waals surface area contributed by atoms with Gasteiger partial charge < -0.3 is 9.47 Å². The van der Waals surface area contributed by atoms with Gasteiger partial charge in [0.2, 0.25) is 0 Å². The summed E-state index contributed by atoms with van der Waals surface area (Å²) in [5.74, 6) is 0. The minimum absolute atomic E-state index is 0.324. The lowest BCUT2D eigenvalue weighted by molar-refractivity contribution is 0.648. The maximum Gasteiger partial charge on any atom is 0.0560 e. The van der Waals surface area contributed by atoms with Crippen molar-refractivity contribution in [2.45, 2.75) is 12.5 Å². The SMILES string of the molecule is Clc1ccc(N(c2ccccc2)c2ccc3c(c2)c2ccccc2n3C2C=CC=CC2)cc1.